The Morgan fingerprint density at radius 3 is 2.81 bits per heavy atom. The highest BCUT2D eigenvalue weighted by Crippen LogP contribution is 2.30. The van der Waals surface area contributed by atoms with Crippen LogP contribution >= 0.6 is 11.3 Å². The number of benzene rings is 1. The molecule has 0 N–H and O–H groups in total. The minimum atomic E-state index is -0.580. The number of hydrogen-bond acceptors (Lipinski definition) is 6. The smallest absolute Gasteiger partial charge is 0.349 e. The highest BCUT2D eigenvalue weighted by molar-refractivity contribution is 7.20. The van der Waals surface area contributed by atoms with Crippen LogP contribution in [0.4, 0.5) is 5.69 Å². The molecule has 0 atom stereocenters. The van der Waals surface area contributed by atoms with Crippen LogP contribution < -0.4 is 10.5 Å². The number of esters is 1. The highest BCUT2D eigenvalue weighted by Gasteiger charge is 2.26. The standard InChI is InChI=1S/C24H25N3O4S/c1-15-20-22(25-18-11-3-2-6-12-27(18)23(20)29)32-21(15)24(30)31-14-19(28)26-13-7-9-16-8-4-5-10-17(16)26/h4-5,8,10H,2-3,6-7,9,11-14H2,1H3. The van der Waals surface area contributed by atoms with Crippen molar-refractivity contribution in [3.63, 3.8) is 0 Å². The summed E-state index contributed by atoms with van der Waals surface area (Å²) in [6, 6.07) is 7.82. The topological polar surface area (TPSA) is 81.5 Å². The summed E-state index contributed by atoms with van der Waals surface area (Å²) in [5.74, 6) is -0.0296. The molecule has 8 heteroatoms. The van der Waals surface area contributed by atoms with Crippen LogP contribution in [0.5, 0.6) is 0 Å². The van der Waals surface area contributed by atoms with Crippen molar-refractivity contribution >= 4 is 39.1 Å². The number of hydrogen-bond donors (Lipinski definition) is 0. The lowest BCUT2D eigenvalue weighted by Gasteiger charge is -2.29. The number of aryl methyl sites for hydroxylation is 3. The van der Waals surface area contributed by atoms with Gasteiger partial charge in [0.15, 0.2) is 6.61 Å². The normalized spacial score (nSPS) is 15.7. The second-order valence-corrected chi connectivity index (χ2v) is 9.38. The maximum atomic E-state index is 13.1. The fraction of sp³-hybridized carbons (Fsp3) is 0.417. The molecule has 2 aliphatic heterocycles. The molecule has 2 aliphatic rings. The molecular formula is C24H25N3O4S. The van der Waals surface area contributed by atoms with Crippen LogP contribution in [0.3, 0.4) is 0 Å². The fourth-order valence-corrected chi connectivity index (χ4v) is 5.75. The van der Waals surface area contributed by atoms with Crippen molar-refractivity contribution in [3.05, 3.63) is 56.4 Å². The number of thiophene rings is 1. The van der Waals surface area contributed by atoms with Crippen LogP contribution in [0.1, 0.15) is 52.3 Å². The van der Waals surface area contributed by atoms with Crippen LogP contribution in [-0.4, -0.2) is 34.6 Å². The van der Waals surface area contributed by atoms with Gasteiger partial charge in [0.2, 0.25) is 0 Å². The van der Waals surface area contributed by atoms with Gasteiger partial charge in [-0.3, -0.25) is 14.2 Å². The molecule has 7 nitrogen and oxygen atoms in total. The first-order valence-corrected chi connectivity index (χ1v) is 11.9. The molecule has 5 rings (SSSR count). The van der Waals surface area contributed by atoms with Crippen molar-refractivity contribution in [3.8, 4) is 0 Å². The molecule has 0 radical (unpaired) electrons. The van der Waals surface area contributed by atoms with E-state index in [1.165, 1.54) is 11.3 Å². The third-order valence-corrected chi connectivity index (χ3v) is 7.50. The first kappa shape index (κ1) is 20.9. The van der Waals surface area contributed by atoms with Crippen LogP contribution in [-0.2, 0) is 28.9 Å². The summed E-state index contributed by atoms with van der Waals surface area (Å²) < 4.78 is 7.15. The number of nitrogens with zero attached hydrogens (tertiary/aromatic N) is 3. The summed E-state index contributed by atoms with van der Waals surface area (Å²) in [6.45, 7) is 2.70. The van der Waals surface area contributed by atoms with Crippen molar-refractivity contribution in [2.75, 3.05) is 18.1 Å². The van der Waals surface area contributed by atoms with E-state index in [-0.39, 0.29) is 18.1 Å². The SMILES string of the molecule is Cc1c(C(=O)OCC(=O)N2CCCc3ccccc32)sc2nc3n(c(=O)c12)CCCCC3. The molecule has 0 saturated carbocycles. The number of anilines is 1. The van der Waals surface area contributed by atoms with Crippen molar-refractivity contribution in [2.24, 2.45) is 0 Å². The number of amides is 1. The zero-order chi connectivity index (χ0) is 22.2. The van der Waals surface area contributed by atoms with E-state index in [4.69, 9.17) is 9.72 Å². The lowest BCUT2D eigenvalue weighted by atomic mass is 10.0. The maximum Gasteiger partial charge on any atom is 0.349 e. The van der Waals surface area contributed by atoms with Gasteiger partial charge in [0.25, 0.3) is 11.5 Å². The molecule has 166 valence electrons. The number of carbonyl (C=O) groups is 2. The number of fused-ring (bicyclic) bond motifs is 3. The van der Waals surface area contributed by atoms with Crippen molar-refractivity contribution in [2.45, 2.75) is 52.0 Å². The van der Waals surface area contributed by atoms with Gasteiger partial charge in [-0.25, -0.2) is 9.78 Å². The molecule has 0 aliphatic carbocycles. The number of rotatable bonds is 3. The maximum absolute atomic E-state index is 13.1. The molecule has 0 saturated heterocycles. The lowest BCUT2D eigenvalue weighted by molar-refractivity contribution is -0.121. The van der Waals surface area contributed by atoms with Crippen LogP contribution in [0.2, 0.25) is 0 Å². The Labute approximate surface area is 189 Å². The van der Waals surface area contributed by atoms with E-state index in [1.54, 1.807) is 16.4 Å². The Morgan fingerprint density at radius 2 is 1.94 bits per heavy atom. The Balaban J connectivity index is 1.37. The number of para-hydroxylation sites is 1. The number of carbonyl (C=O) groups excluding carboxylic acids is 2. The van der Waals surface area contributed by atoms with E-state index in [0.29, 0.717) is 33.7 Å². The monoisotopic (exact) mass is 451 g/mol. The van der Waals surface area contributed by atoms with Gasteiger partial charge in [-0.1, -0.05) is 24.6 Å². The van der Waals surface area contributed by atoms with E-state index < -0.39 is 5.97 Å². The molecule has 0 fully saturated rings. The summed E-state index contributed by atoms with van der Waals surface area (Å²) >= 11 is 1.18. The van der Waals surface area contributed by atoms with E-state index in [0.717, 1.165) is 55.6 Å². The Morgan fingerprint density at radius 1 is 1.09 bits per heavy atom. The van der Waals surface area contributed by atoms with Gasteiger partial charge in [0.05, 0.1) is 5.39 Å². The Hall–Kier alpha value is -3.00. The molecule has 0 bridgehead atoms. The predicted molar refractivity (Wildman–Crippen MR) is 124 cm³/mol. The predicted octanol–water partition coefficient (Wildman–Crippen LogP) is 3.63. The van der Waals surface area contributed by atoms with Gasteiger partial charge in [0.1, 0.15) is 15.5 Å². The molecule has 3 aromatic rings. The van der Waals surface area contributed by atoms with E-state index in [2.05, 4.69) is 0 Å². The first-order chi connectivity index (χ1) is 15.5. The molecule has 4 heterocycles. The quantitative estimate of drug-likeness (QED) is 0.568. The van der Waals surface area contributed by atoms with Crippen molar-refractivity contribution in [1.82, 2.24) is 9.55 Å². The highest BCUT2D eigenvalue weighted by atomic mass is 32.1. The zero-order valence-electron chi connectivity index (χ0n) is 18.1. The van der Waals surface area contributed by atoms with Gasteiger partial charge in [-0.05, 0) is 49.8 Å². The second kappa shape index (κ2) is 8.50. The first-order valence-electron chi connectivity index (χ1n) is 11.1. The van der Waals surface area contributed by atoms with Gasteiger partial charge in [-0.15, -0.1) is 11.3 Å². The van der Waals surface area contributed by atoms with Crippen LogP contribution in [0, 0.1) is 6.92 Å². The average molecular weight is 452 g/mol. The van der Waals surface area contributed by atoms with Crippen molar-refractivity contribution < 1.29 is 14.3 Å². The minimum Gasteiger partial charge on any atom is -0.451 e. The summed E-state index contributed by atoms with van der Waals surface area (Å²) in [7, 11) is 0. The van der Waals surface area contributed by atoms with Gasteiger partial charge in [-0.2, -0.15) is 0 Å². The van der Waals surface area contributed by atoms with Crippen LogP contribution in [0.15, 0.2) is 29.1 Å². The van der Waals surface area contributed by atoms with Gasteiger partial charge < -0.3 is 9.64 Å². The summed E-state index contributed by atoms with van der Waals surface area (Å²) in [5.41, 5.74) is 2.52. The minimum absolute atomic E-state index is 0.0827. The molecule has 1 aromatic carbocycles. The average Bonchev–Trinajstić information content (AvgIpc) is 2.97. The lowest BCUT2D eigenvalue weighted by Crippen LogP contribution is -2.38. The molecule has 0 spiro atoms. The van der Waals surface area contributed by atoms with E-state index in [1.807, 2.05) is 24.3 Å². The molecule has 1 amide bonds. The van der Waals surface area contributed by atoms with Crippen molar-refractivity contribution in [1.29, 1.82) is 0 Å². The molecule has 0 unspecified atom stereocenters. The van der Waals surface area contributed by atoms with E-state index >= 15 is 0 Å². The largest absolute Gasteiger partial charge is 0.451 e. The number of ether oxygens (including phenoxy) is 1. The Kier molecular flexibility index (Phi) is 5.55. The van der Waals surface area contributed by atoms with Gasteiger partial charge in [0, 0.05) is 25.2 Å². The third kappa shape index (κ3) is 3.62. The molecule has 32 heavy (non-hydrogen) atoms. The molecular weight excluding hydrogens is 426 g/mol. The van der Waals surface area contributed by atoms with E-state index in [9.17, 15) is 14.4 Å². The third-order valence-electron chi connectivity index (χ3n) is 6.33. The summed E-state index contributed by atoms with van der Waals surface area (Å²) in [5, 5.41) is 0.490. The number of aromatic nitrogens is 2. The molecule has 2 aromatic heterocycles. The summed E-state index contributed by atoms with van der Waals surface area (Å²) in [4.78, 5) is 46.0. The Bertz CT molecular complexity index is 1280. The zero-order valence-corrected chi connectivity index (χ0v) is 18.9. The second-order valence-electron chi connectivity index (χ2n) is 8.39. The van der Waals surface area contributed by atoms with Gasteiger partial charge >= 0.3 is 5.97 Å². The summed E-state index contributed by atoms with van der Waals surface area (Å²) in [6.07, 6.45) is 5.65. The fourth-order valence-electron chi connectivity index (χ4n) is 4.67. The van der Waals surface area contributed by atoms with Crippen LogP contribution in [0.25, 0.3) is 10.2 Å².